The molecule has 0 atom stereocenters. The van der Waals surface area contributed by atoms with E-state index in [2.05, 4.69) is 10.2 Å². The number of aryl methyl sites for hydroxylation is 2. The number of nitrogens with zero attached hydrogens (tertiary/aromatic N) is 4. The fraction of sp³-hybridized carbons (Fsp3) is 0.222. The highest BCUT2D eigenvalue weighted by atomic mass is 16.4. The molecule has 0 aliphatic heterocycles. The van der Waals surface area contributed by atoms with E-state index in [1.165, 1.54) is 9.36 Å². The highest BCUT2D eigenvalue weighted by Gasteiger charge is 2.20. The minimum atomic E-state index is -0.994. The van der Waals surface area contributed by atoms with Gasteiger partial charge in [-0.2, -0.15) is 10.2 Å². The summed E-state index contributed by atoms with van der Waals surface area (Å²) < 4.78 is 3.00. The minimum absolute atomic E-state index is 0.182. The molecule has 0 aliphatic rings. The van der Waals surface area contributed by atoms with Crippen LogP contribution in [0.5, 0.6) is 0 Å². The van der Waals surface area contributed by atoms with Crippen molar-refractivity contribution < 1.29 is 9.90 Å². The Hall–Kier alpha value is -2.11. The van der Waals surface area contributed by atoms with Crippen LogP contribution in [-0.4, -0.2) is 30.6 Å². The molecule has 0 saturated heterocycles. The Balaban J connectivity index is 2.70. The number of hydrogen-bond acceptors (Lipinski definition) is 3. The summed E-state index contributed by atoms with van der Waals surface area (Å²) >= 11 is 0. The van der Waals surface area contributed by atoms with Crippen LogP contribution in [0, 0.1) is 6.92 Å². The normalized spacial score (nSPS) is 10.5. The SMILES string of the molecule is Cc1nn(C)c(-n2cccn2)c1C(=O)O. The molecule has 0 saturated carbocycles. The van der Waals surface area contributed by atoms with Gasteiger partial charge in [-0.25, -0.2) is 14.2 Å². The molecule has 2 rings (SSSR count). The molecule has 2 aromatic heterocycles. The second-order valence-corrected chi connectivity index (χ2v) is 3.16. The number of aromatic carboxylic acids is 1. The molecule has 2 heterocycles. The first kappa shape index (κ1) is 9.45. The first-order valence-corrected chi connectivity index (χ1v) is 4.38. The van der Waals surface area contributed by atoms with Crippen LogP contribution in [0.25, 0.3) is 5.82 Å². The van der Waals surface area contributed by atoms with Crippen LogP contribution in [0.1, 0.15) is 16.1 Å². The average Bonchev–Trinajstić information content (AvgIpc) is 2.71. The molecule has 0 unspecified atom stereocenters. The Bertz CT molecular complexity index is 498. The third kappa shape index (κ3) is 1.39. The molecular formula is C9H10N4O2. The third-order valence-electron chi connectivity index (χ3n) is 2.13. The van der Waals surface area contributed by atoms with Crippen molar-refractivity contribution in [2.24, 2.45) is 7.05 Å². The highest BCUT2D eigenvalue weighted by Crippen LogP contribution is 2.16. The van der Waals surface area contributed by atoms with Crippen LogP contribution in [0.2, 0.25) is 0 Å². The van der Waals surface area contributed by atoms with Gasteiger partial charge in [-0.15, -0.1) is 0 Å². The lowest BCUT2D eigenvalue weighted by Gasteiger charge is -2.02. The molecule has 0 fully saturated rings. The molecule has 6 heteroatoms. The lowest BCUT2D eigenvalue weighted by atomic mass is 10.2. The molecule has 0 spiro atoms. The fourth-order valence-electron chi connectivity index (χ4n) is 1.55. The summed E-state index contributed by atoms with van der Waals surface area (Å²) in [6.07, 6.45) is 3.27. The predicted octanol–water partition coefficient (Wildman–Crippen LogP) is 0.612. The number of carboxylic acid groups (broad SMARTS) is 1. The van der Waals surface area contributed by atoms with Gasteiger partial charge in [0.1, 0.15) is 5.56 Å². The summed E-state index contributed by atoms with van der Waals surface area (Å²) in [6.45, 7) is 1.66. The van der Waals surface area contributed by atoms with E-state index in [9.17, 15) is 4.79 Å². The molecule has 0 bridgehead atoms. The summed E-state index contributed by atoms with van der Waals surface area (Å²) in [5.74, 6) is -0.531. The van der Waals surface area contributed by atoms with Crippen molar-refractivity contribution >= 4 is 5.97 Å². The maximum Gasteiger partial charge on any atom is 0.341 e. The van der Waals surface area contributed by atoms with Crippen LogP contribution in [0.4, 0.5) is 0 Å². The molecular weight excluding hydrogens is 196 g/mol. The van der Waals surface area contributed by atoms with Crippen LogP contribution in [0.15, 0.2) is 18.5 Å². The maximum absolute atomic E-state index is 11.1. The van der Waals surface area contributed by atoms with Gasteiger partial charge in [-0.05, 0) is 13.0 Å². The van der Waals surface area contributed by atoms with Crippen LogP contribution in [0.3, 0.4) is 0 Å². The molecule has 1 N–H and O–H groups in total. The molecule has 6 nitrogen and oxygen atoms in total. The van der Waals surface area contributed by atoms with Gasteiger partial charge in [0, 0.05) is 19.4 Å². The zero-order valence-electron chi connectivity index (χ0n) is 8.38. The van der Waals surface area contributed by atoms with Crippen molar-refractivity contribution in [1.29, 1.82) is 0 Å². The summed E-state index contributed by atoms with van der Waals surface area (Å²) in [6, 6.07) is 1.73. The third-order valence-corrected chi connectivity index (χ3v) is 2.13. The molecule has 0 radical (unpaired) electrons. The quantitative estimate of drug-likeness (QED) is 0.781. The Kier molecular flexibility index (Phi) is 2.03. The monoisotopic (exact) mass is 206 g/mol. The topological polar surface area (TPSA) is 72.9 Å². The van der Waals surface area contributed by atoms with E-state index in [0.29, 0.717) is 11.5 Å². The summed E-state index contributed by atoms with van der Waals surface area (Å²) in [5, 5.41) is 17.1. The van der Waals surface area contributed by atoms with E-state index in [1.54, 1.807) is 32.4 Å². The van der Waals surface area contributed by atoms with E-state index >= 15 is 0 Å². The van der Waals surface area contributed by atoms with Gasteiger partial charge in [-0.3, -0.25) is 0 Å². The number of carboxylic acids is 1. The van der Waals surface area contributed by atoms with Crippen molar-refractivity contribution in [2.75, 3.05) is 0 Å². The minimum Gasteiger partial charge on any atom is -0.477 e. The maximum atomic E-state index is 11.1. The van der Waals surface area contributed by atoms with Gasteiger partial charge >= 0.3 is 5.97 Å². The smallest absolute Gasteiger partial charge is 0.341 e. The molecule has 0 aromatic carbocycles. The van der Waals surface area contributed by atoms with E-state index in [1.807, 2.05) is 0 Å². The first-order chi connectivity index (χ1) is 7.11. The second kappa shape index (κ2) is 3.23. The van der Waals surface area contributed by atoms with E-state index in [0.717, 1.165) is 0 Å². The average molecular weight is 206 g/mol. The summed E-state index contributed by atoms with van der Waals surface area (Å²) in [5.41, 5.74) is 0.664. The van der Waals surface area contributed by atoms with E-state index in [4.69, 9.17) is 5.11 Å². The van der Waals surface area contributed by atoms with Crippen molar-refractivity contribution in [3.63, 3.8) is 0 Å². The van der Waals surface area contributed by atoms with E-state index < -0.39 is 5.97 Å². The van der Waals surface area contributed by atoms with Gasteiger partial charge in [-0.1, -0.05) is 0 Å². The van der Waals surface area contributed by atoms with E-state index in [-0.39, 0.29) is 5.56 Å². The molecule has 2 aromatic rings. The van der Waals surface area contributed by atoms with Gasteiger partial charge in [0.05, 0.1) is 5.69 Å². The summed E-state index contributed by atoms with van der Waals surface area (Å²) in [7, 11) is 1.69. The highest BCUT2D eigenvalue weighted by molar-refractivity contribution is 5.92. The van der Waals surface area contributed by atoms with Crippen molar-refractivity contribution in [3.05, 3.63) is 29.7 Å². The molecule has 15 heavy (non-hydrogen) atoms. The predicted molar refractivity (Wildman–Crippen MR) is 52.0 cm³/mol. The van der Waals surface area contributed by atoms with Crippen LogP contribution < -0.4 is 0 Å². The zero-order valence-corrected chi connectivity index (χ0v) is 8.38. The van der Waals surface area contributed by atoms with Crippen molar-refractivity contribution in [3.8, 4) is 5.82 Å². The lowest BCUT2D eigenvalue weighted by molar-refractivity contribution is 0.0696. The van der Waals surface area contributed by atoms with Gasteiger partial charge in [0.25, 0.3) is 0 Å². The second-order valence-electron chi connectivity index (χ2n) is 3.16. The fourth-order valence-corrected chi connectivity index (χ4v) is 1.55. The Morgan fingerprint density at radius 2 is 2.27 bits per heavy atom. The number of hydrogen-bond donors (Lipinski definition) is 1. The molecule has 0 aliphatic carbocycles. The first-order valence-electron chi connectivity index (χ1n) is 4.38. The van der Waals surface area contributed by atoms with Gasteiger partial charge < -0.3 is 5.11 Å². The Labute approximate surface area is 85.8 Å². The van der Waals surface area contributed by atoms with Crippen molar-refractivity contribution in [1.82, 2.24) is 19.6 Å². The molecule has 0 amide bonds. The Morgan fingerprint density at radius 1 is 1.53 bits per heavy atom. The zero-order chi connectivity index (χ0) is 11.0. The number of carbonyl (C=O) groups is 1. The lowest BCUT2D eigenvalue weighted by Crippen LogP contribution is -2.08. The number of aromatic nitrogens is 4. The van der Waals surface area contributed by atoms with Gasteiger partial charge in [0.2, 0.25) is 0 Å². The van der Waals surface area contributed by atoms with Crippen molar-refractivity contribution in [2.45, 2.75) is 6.92 Å². The van der Waals surface area contributed by atoms with Crippen LogP contribution >= 0.6 is 0 Å². The molecule has 78 valence electrons. The standard InChI is InChI=1S/C9H10N4O2/c1-6-7(9(14)15)8(12(2)11-6)13-5-3-4-10-13/h3-5H,1-2H3,(H,14,15). The van der Waals surface area contributed by atoms with Crippen LogP contribution in [-0.2, 0) is 7.05 Å². The number of rotatable bonds is 2. The van der Waals surface area contributed by atoms with Gasteiger partial charge in [0.15, 0.2) is 5.82 Å². The summed E-state index contributed by atoms with van der Waals surface area (Å²) in [4.78, 5) is 11.1. The largest absolute Gasteiger partial charge is 0.477 e. The Morgan fingerprint density at radius 3 is 2.80 bits per heavy atom.